The second-order valence-electron chi connectivity index (χ2n) is 5.82. The van der Waals surface area contributed by atoms with Gasteiger partial charge in [-0.05, 0) is 18.1 Å². The van der Waals surface area contributed by atoms with E-state index < -0.39 is 10.0 Å². The SMILES string of the molecule is CC(C)CNC(=O)CN(c1cccc2cccnc12)S(C)(=O)=O. The molecule has 1 aromatic heterocycles. The Morgan fingerprint density at radius 1 is 1.26 bits per heavy atom. The molecule has 1 heterocycles. The largest absolute Gasteiger partial charge is 0.354 e. The van der Waals surface area contributed by atoms with Crippen molar-refractivity contribution in [1.29, 1.82) is 0 Å². The molecule has 1 aromatic carbocycles. The van der Waals surface area contributed by atoms with E-state index in [0.29, 0.717) is 23.7 Å². The van der Waals surface area contributed by atoms with Crippen LogP contribution in [-0.2, 0) is 14.8 Å². The first-order chi connectivity index (χ1) is 10.8. The molecule has 0 aliphatic rings. The number of sulfonamides is 1. The van der Waals surface area contributed by atoms with E-state index in [0.717, 1.165) is 15.9 Å². The Morgan fingerprint density at radius 2 is 1.96 bits per heavy atom. The minimum atomic E-state index is -3.61. The number of fused-ring (bicyclic) bond motifs is 1. The van der Waals surface area contributed by atoms with Gasteiger partial charge in [-0.2, -0.15) is 0 Å². The van der Waals surface area contributed by atoms with Crippen molar-refractivity contribution in [2.24, 2.45) is 5.92 Å². The lowest BCUT2D eigenvalue weighted by molar-refractivity contribution is -0.119. The molecule has 124 valence electrons. The Morgan fingerprint density at radius 3 is 2.61 bits per heavy atom. The molecule has 1 amide bonds. The zero-order chi connectivity index (χ0) is 17.0. The molecule has 0 saturated heterocycles. The lowest BCUT2D eigenvalue weighted by Gasteiger charge is -2.23. The molecule has 1 N–H and O–H groups in total. The lowest BCUT2D eigenvalue weighted by atomic mass is 10.2. The fraction of sp³-hybridized carbons (Fsp3) is 0.375. The monoisotopic (exact) mass is 335 g/mol. The highest BCUT2D eigenvalue weighted by Crippen LogP contribution is 2.26. The van der Waals surface area contributed by atoms with E-state index in [1.165, 1.54) is 0 Å². The normalized spacial score (nSPS) is 11.7. The molecule has 0 fully saturated rings. The third-order valence-electron chi connectivity index (χ3n) is 3.28. The number of carbonyl (C=O) groups is 1. The van der Waals surface area contributed by atoms with Crippen molar-refractivity contribution in [2.75, 3.05) is 23.7 Å². The van der Waals surface area contributed by atoms with Crippen molar-refractivity contribution in [3.05, 3.63) is 36.5 Å². The summed E-state index contributed by atoms with van der Waals surface area (Å²) in [6.07, 6.45) is 2.69. The zero-order valence-corrected chi connectivity index (χ0v) is 14.3. The highest BCUT2D eigenvalue weighted by molar-refractivity contribution is 7.92. The first-order valence-corrected chi connectivity index (χ1v) is 9.22. The number of nitrogens with zero attached hydrogens (tertiary/aromatic N) is 2. The minimum absolute atomic E-state index is 0.263. The molecule has 2 aromatic rings. The fourth-order valence-corrected chi connectivity index (χ4v) is 3.03. The number of nitrogens with one attached hydrogen (secondary N) is 1. The maximum atomic E-state index is 12.2. The number of rotatable bonds is 6. The number of benzene rings is 1. The summed E-state index contributed by atoms with van der Waals surface area (Å²) in [6, 6.07) is 8.90. The van der Waals surface area contributed by atoms with Crippen LogP contribution in [0.25, 0.3) is 10.9 Å². The fourth-order valence-electron chi connectivity index (χ4n) is 2.17. The van der Waals surface area contributed by atoms with Crippen LogP contribution in [0.1, 0.15) is 13.8 Å². The van der Waals surface area contributed by atoms with Gasteiger partial charge in [-0.15, -0.1) is 0 Å². The van der Waals surface area contributed by atoms with Gasteiger partial charge in [0.1, 0.15) is 6.54 Å². The minimum Gasteiger partial charge on any atom is -0.354 e. The molecule has 2 rings (SSSR count). The predicted molar refractivity (Wildman–Crippen MR) is 91.8 cm³/mol. The number of para-hydroxylation sites is 1. The summed E-state index contributed by atoms with van der Waals surface area (Å²) in [5, 5.41) is 3.56. The van der Waals surface area contributed by atoms with Crippen molar-refractivity contribution in [1.82, 2.24) is 10.3 Å². The molecule has 0 unspecified atom stereocenters. The number of anilines is 1. The summed E-state index contributed by atoms with van der Waals surface area (Å²) >= 11 is 0. The number of pyridine rings is 1. The van der Waals surface area contributed by atoms with E-state index in [1.54, 1.807) is 24.4 Å². The number of aromatic nitrogens is 1. The summed E-state index contributed by atoms with van der Waals surface area (Å²) < 4.78 is 25.4. The molecule has 0 spiro atoms. The first-order valence-electron chi connectivity index (χ1n) is 7.37. The third kappa shape index (κ3) is 4.41. The van der Waals surface area contributed by atoms with Crippen molar-refractivity contribution >= 4 is 32.5 Å². The number of hydrogen-bond acceptors (Lipinski definition) is 4. The van der Waals surface area contributed by atoms with Crippen molar-refractivity contribution in [2.45, 2.75) is 13.8 Å². The van der Waals surface area contributed by atoms with Gasteiger partial charge in [0, 0.05) is 18.1 Å². The van der Waals surface area contributed by atoms with Crippen molar-refractivity contribution in [3.8, 4) is 0 Å². The Bertz CT molecular complexity index is 798. The molecule has 7 heteroatoms. The van der Waals surface area contributed by atoms with E-state index in [9.17, 15) is 13.2 Å². The van der Waals surface area contributed by atoms with Gasteiger partial charge in [0.15, 0.2) is 0 Å². The lowest BCUT2D eigenvalue weighted by Crippen LogP contribution is -2.41. The summed E-state index contributed by atoms with van der Waals surface area (Å²) in [5.41, 5.74) is 0.961. The van der Waals surface area contributed by atoms with E-state index in [2.05, 4.69) is 10.3 Å². The molecule has 23 heavy (non-hydrogen) atoms. The van der Waals surface area contributed by atoms with Gasteiger partial charge >= 0.3 is 0 Å². The van der Waals surface area contributed by atoms with E-state index >= 15 is 0 Å². The van der Waals surface area contributed by atoms with Crippen LogP contribution in [-0.4, -0.2) is 38.7 Å². The molecular formula is C16H21N3O3S. The Kier molecular flexibility index (Phi) is 5.20. The molecule has 0 radical (unpaired) electrons. The van der Waals surface area contributed by atoms with Crippen molar-refractivity contribution < 1.29 is 13.2 Å². The highest BCUT2D eigenvalue weighted by atomic mass is 32.2. The maximum absolute atomic E-state index is 12.2. The van der Waals surface area contributed by atoms with Crippen LogP contribution in [0, 0.1) is 5.92 Å². The first kappa shape index (κ1) is 17.2. The molecule has 0 saturated carbocycles. The van der Waals surface area contributed by atoms with E-state index in [1.807, 2.05) is 26.0 Å². The number of amides is 1. The summed E-state index contributed by atoms with van der Waals surface area (Å²) in [5.74, 6) is -0.0399. The Hall–Kier alpha value is -2.15. The van der Waals surface area contributed by atoms with Crippen LogP contribution in [0.15, 0.2) is 36.5 Å². The topological polar surface area (TPSA) is 79.4 Å². The second kappa shape index (κ2) is 6.95. The van der Waals surface area contributed by atoms with Gasteiger partial charge in [-0.1, -0.05) is 32.0 Å². The highest BCUT2D eigenvalue weighted by Gasteiger charge is 2.23. The average molecular weight is 335 g/mol. The zero-order valence-electron chi connectivity index (χ0n) is 13.5. The van der Waals surface area contributed by atoms with Crippen LogP contribution in [0.3, 0.4) is 0 Å². The van der Waals surface area contributed by atoms with Gasteiger partial charge in [0.2, 0.25) is 15.9 Å². The summed E-state index contributed by atoms with van der Waals surface area (Å²) in [6.45, 7) is 4.19. The van der Waals surface area contributed by atoms with Gasteiger partial charge in [0.05, 0.1) is 17.5 Å². The van der Waals surface area contributed by atoms with Gasteiger partial charge in [-0.3, -0.25) is 14.1 Å². The second-order valence-corrected chi connectivity index (χ2v) is 7.73. The van der Waals surface area contributed by atoms with Crippen LogP contribution >= 0.6 is 0 Å². The molecule has 0 atom stereocenters. The van der Waals surface area contributed by atoms with Gasteiger partial charge in [0.25, 0.3) is 0 Å². The van der Waals surface area contributed by atoms with Crippen LogP contribution in [0.5, 0.6) is 0 Å². The average Bonchev–Trinajstić information content (AvgIpc) is 2.49. The van der Waals surface area contributed by atoms with Crippen molar-refractivity contribution in [3.63, 3.8) is 0 Å². The molecular weight excluding hydrogens is 314 g/mol. The molecule has 0 bridgehead atoms. The molecule has 0 aliphatic heterocycles. The van der Waals surface area contributed by atoms with Crippen LogP contribution < -0.4 is 9.62 Å². The summed E-state index contributed by atoms with van der Waals surface area (Å²) in [7, 11) is -3.61. The Balaban J connectivity index is 2.37. The number of carbonyl (C=O) groups excluding carboxylic acids is 1. The van der Waals surface area contributed by atoms with E-state index in [-0.39, 0.29) is 12.5 Å². The maximum Gasteiger partial charge on any atom is 0.240 e. The summed E-state index contributed by atoms with van der Waals surface area (Å²) in [4.78, 5) is 16.3. The van der Waals surface area contributed by atoms with E-state index in [4.69, 9.17) is 0 Å². The van der Waals surface area contributed by atoms with Gasteiger partial charge < -0.3 is 5.32 Å². The molecule has 6 nitrogen and oxygen atoms in total. The van der Waals surface area contributed by atoms with Gasteiger partial charge in [-0.25, -0.2) is 8.42 Å². The van der Waals surface area contributed by atoms with Crippen LogP contribution in [0.2, 0.25) is 0 Å². The quantitative estimate of drug-likeness (QED) is 0.872. The predicted octanol–water partition coefficient (Wildman–Crippen LogP) is 1.77. The third-order valence-corrected chi connectivity index (χ3v) is 4.40. The Labute approximate surface area is 136 Å². The molecule has 0 aliphatic carbocycles. The smallest absolute Gasteiger partial charge is 0.240 e. The van der Waals surface area contributed by atoms with Crippen LogP contribution in [0.4, 0.5) is 5.69 Å². The standard InChI is InChI=1S/C16H21N3O3S/c1-12(2)10-18-15(20)11-19(23(3,21)22)14-8-4-6-13-7-5-9-17-16(13)14/h4-9,12H,10-11H2,1-3H3,(H,18,20). The number of hydrogen-bond donors (Lipinski definition) is 1.